The third kappa shape index (κ3) is 40.1. The summed E-state index contributed by atoms with van der Waals surface area (Å²) in [4.78, 5) is 68.8. The van der Waals surface area contributed by atoms with E-state index in [-0.39, 0.29) is 25.7 Å². The maximum Gasteiger partial charge on any atom is 0.472 e. The van der Waals surface area contributed by atoms with Gasteiger partial charge >= 0.3 is 39.5 Å². The maximum absolute atomic E-state index is 12.7. The number of esters is 4. The van der Waals surface area contributed by atoms with Crippen molar-refractivity contribution in [3.8, 4) is 0 Å². The summed E-state index contributed by atoms with van der Waals surface area (Å²) in [6.07, 6.45) is 22.3. The number of hydrogen-bond acceptors (Lipinski definition) is 15. The molecule has 0 rings (SSSR count). The Hall–Kier alpha value is -1.94. The van der Waals surface area contributed by atoms with Crippen molar-refractivity contribution in [1.29, 1.82) is 0 Å². The lowest BCUT2D eigenvalue weighted by Crippen LogP contribution is -2.30. The molecule has 2 unspecified atom stereocenters. The maximum atomic E-state index is 12.7. The van der Waals surface area contributed by atoms with Gasteiger partial charge in [-0.05, 0) is 12.8 Å². The Balaban J connectivity index is 4.85. The van der Waals surface area contributed by atoms with Gasteiger partial charge in [-0.2, -0.15) is 0 Å². The second-order valence-electron chi connectivity index (χ2n) is 16.0. The lowest BCUT2D eigenvalue weighted by Gasteiger charge is -2.21. The van der Waals surface area contributed by atoms with Crippen LogP contribution in [0.2, 0.25) is 0 Å². The summed E-state index contributed by atoms with van der Waals surface area (Å²) in [6.45, 7) is 3.45. The fourth-order valence-corrected chi connectivity index (χ4v) is 7.75. The molecule has 63 heavy (non-hydrogen) atoms. The minimum Gasteiger partial charge on any atom is -0.462 e. The minimum atomic E-state index is -4.91. The number of phosphoric ester groups is 2. The molecule has 0 radical (unpaired) electrons. The summed E-state index contributed by atoms with van der Waals surface area (Å²) in [5, 5.41) is 10.2. The Kier molecular flexibility index (Phi) is 39.1. The third-order valence-corrected chi connectivity index (χ3v) is 11.9. The topological polar surface area (TPSA) is 237 Å². The summed E-state index contributed by atoms with van der Waals surface area (Å²) in [6, 6.07) is 0. The zero-order chi connectivity index (χ0) is 47.0. The Morgan fingerprint density at radius 3 is 1.06 bits per heavy atom. The SMILES string of the molecule is CCCCCCCCCCCCCCCCCC(=O)OC[C@H](COP(=O)(O)OC[C@H](O)COP(=O)(O)OC[C@@H](COC(=O)CC)OC(=O)CC)OC(=O)CCCCCCCCCC. The average molecular weight is 947 g/mol. The van der Waals surface area contributed by atoms with Crippen LogP contribution in [-0.2, 0) is 65.4 Å². The first-order chi connectivity index (χ1) is 30.2. The Labute approximate surface area is 377 Å². The van der Waals surface area contributed by atoms with E-state index in [0.717, 1.165) is 51.4 Å². The van der Waals surface area contributed by atoms with Crippen molar-refractivity contribution in [2.24, 2.45) is 0 Å². The van der Waals surface area contributed by atoms with Crippen LogP contribution in [0.15, 0.2) is 0 Å². The molecule has 0 saturated heterocycles. The van der Waals surface area contributed by atoms with Crippen molar-refractivity contribution in [3.05, 3.63) is 0 Å². The van der Waals surface area contributed by atoms with Gasteiger partial charge in [0.25, 0.3) is 0 Å². The highest BCUT2D eigenvalue weighted by Crippen LogP contribution is 2.45. The summed E-state index contributed by atoms with van der Waals surface area (Å²) in [5.41, 5.74) is 0. The normalized spacial score (nSPS) is 14.8. The van der Waals surface area contributed by atoms with E-state index in [9.17, 15) is 43.2 Å². The molecule has 0 aromatic rings. The van der Waals surface area contributed by atoms with Gasteiger partial charge in [-0.3, -0.25) is 37.3 Å². The quantitative estimate of drug-likeness (QED) is 0.0223. The highest BCUT2D eigenvalue weighted by molar-refractivity contribution is 7.47. The summed E-state index contributed by atoms with van der Waals surface area (Å²) in [5.74, 6) is -2.35. The number of ether oxygens (including phenoxy) is 4. The second-order valence-corrected chi connectivity index (χ2v) is 18.9. The van der Waals surface area contributed by atoms with Gasteiger partial charge < -0.3 is 33.8 Å². The van der Waals surface area contributed by atoms with Crippen molar-refractivity contribution < 1.29 is 80.2 Å². The molecule has 0 heterocycles. The summed E-state index contributed by atoms with van der Waals surface area (Å²) >= 11 is 0. The number of carbonyl (C=O) groups is 4. The van der Waals surface area contributed by atoms with Crippen molar-refractivity contribution in [2.75, 3.05) is 39.6 Å². The van der Waals surface area contributed by atoms with E-state index in [1.807, 2.05) is 0 Å². The first kappa shape index (κ1) is 61.1. The average Bonchev–Trinajstić information content (AvgIpc) is 3.26. The van der Waals surface area contributed by atoms with E-state index in [1.54, 1.807) is 6.92 Å². The predicted molar refractivity (Wildman–Crippen MR) is 238 cm³/mol. The van der Waals surface area contributed by atoms with Gasteiger partial charge in [0.1, 0.15) is 19.3 Å². The zero-order valence-corrected chi connectivity index (χ0v) is 40.8. The van der Waals surface area contributed by atoms with Gasteiger partial charge in [0.2, 0.25) is 0 Å². The first-order valence-corrected chi connectivity index (χ1v) is 26.8. The molecule has 17 nitrogen and oxygen atoms in total. The van der Waals surface area contributed by atoms with Gasteiger partial charge in [-0.25, -0.2) is 9.13 Å². The van der Waals surface area contributed by atoms with Gasteiger partial charge in [0.15, 0.2) is 12.2 Å². The van der Waals surface area contributed by atoms with E-state index in [4.69, 9.17) is 37.0 Å². The van der Waals surface area contributed by atoms with E-state index in [1.165, 1.54) is 90.4 Å². The van der Waals surface area contributed by atoms with Crippen LogP contribution in [0.1, 0.15) is 201 Å². The molecule has 3 N–H and O–H groups in total. The van der Waals surface area contributed by atoms with Crippen LogP contribution in [0, 0.1) is 0 Å². The minimum absolute atomic E-state index is 0.0195. The van der Waals surface area contributed by atoms with Crippen molar-refractivity contribution in [3.63, 3.8) is 0 Å². The number of hydrogen-bond donors (Lipinski definition) is 3. The molecule has 5 atom stereocenters. The van der Waals surface area contributed by atoms with Crippen LogP contribution in [0.3, 0.4) is 0 Å². The van der Waals surface area contributed by atoms with Gasteiger partial charge in [0.05, 0.1) is 26.4 Å². The van der Waals surface area contributed by atoms with Crippen LogP contribution in [0.25, 0.3) is 0 Å². The molecule has 0 aliphatic rings. The molecule has 0 aromatic carbocycles. The van der Waals surface area contributed by atoms with Crippen molar-refractivity contribution in [1.82, 2.24) is 0 Å². The van der Waals surface area contributed by atoms with Gasteiger partial charge in [0, 0.05) is 25.7 Å². The van der Waals surface area contributed by atoms with Gasteiger partial charge in [-0.15, -0.1) is 0 Å². The summed E-state index contributed by atoms with van der Waals surface area (Å²) < 4.78 is 65.2. The summed E-state index contributed by atoms with van der Waals surface area (Å²) in [7, 11) is -9.77. The monoisotopic (exact) mass is 947 g/mol. The molecule has 0 aliphatic heterocycles. The molecule has 0 aromatic heterocycles. The predicted octanol–water partition coefficient (Wildman–Crippen LogP) is 10.1. The lowest BCUT2D eigenvalue weighted by atomic mass is 10.0. The second kappa shape index (κ2) is 40.3. The molecular formula is C44H84O17P2. The fourth-order valence-electron chi connectivity index (χ4n) is 6.17. The third-order valence-electron chi connectivity index (χ3n) is 9.96. The van der Waals surface area contributed by atoms with Crippen LogP contribution < -0.4 is 0 Å². The smallest absolute Gasteiger partial charge is 0.462 e. The number of rotatable bonds is 45. The number of aliphatic hydroxyl groups excluding tert-OH is 1. The molecule has 0 saturated carbocycles. The highest BCUT2D eigenvalue weighted by atomic mass is 31.2. The molecule has 19 heteroatoms. The highest BCUT2D eigenvalue weighted by Gasteiger charge is 2.30. The molecular weight excluding hydrogens is 862 g/mol. The molecule has 372 valence electrons. The van der Waals surface area contributed by atoms with Gasteiger partial charge in [-0.1, -0.05) is 163 Å². The largest absolute Gasteiger partial charge is 0.472 e. The Morgan fingerprint density at radius 1 is 0.397 bits per heavy atom. The fraction of sp³-hybridized carbons (Fsp3) is 0.909. The standard InChI is InChI=1S/C44H84O17P2/c1-5-9-11-13-15-17-18-19-20-21-22-23-25-26-28-30-43(48)55-35-40(61-44(49)31-29-27-24-16-14-12-10-6-2)37-59-63(52,53)57-33-38(45)32-56-62(50,51)58-36-39(60-42(47)8-4)34-54-41(46)7-3/h38-40,45H,5-37H2,1-4H3,(H,50,51)(H,52,53)/t38-,39-,40-/m1/s1. The molecule has 0 spiro atoms. The Morgan fingerprint density at radius 2 is 0.698 bits per heavy atom. The first-order valence-electron chi connectivity index (χ1n) is 23.8. The molecule has 0 aliphatic carbocycles. The van der Waals surface area contributed by atoms with E-state index in [0.29, 0.717) is 12.8 Å². The zero-order valence-electron chi connectivity index (χ0n) is 39.0. The van der Waals surface area contributed by atoms with Crippen molar-refractivity contribution in [2.45, 2.75) is 219 Å². The van der Waals surface area contributed by atoms with E-state index < -0.39 is 97.5 Å². The number of phosphoric acid groups is 2. The molecule has 0 bridgehead atoms. The lowest BCUT2D eigenvalue weighted by molar-refractivity contribution is -0.161. The van der Waals surface area contributed by atoms with Crippen LogP contribution in [0.4, 0.5) is 0 Å². The van der Waals surface area contributed by atoms with Crippen LogP contribution >= 0.6 is 15.6 Å². The Bertz CT molecular complexity index is 1270. The molecule has 0 amide bonds. The molecule has 0 fully saturated rings. The van der Waals surface area contributed by atoms with Crippen molar-refractivity contribution >= 4 is 39.5 Å². The van der Waals surface area contributed by atoms with Crippen LogP contribution in [-0.4, -0.2) is 96.7 Å². The number of unbranched alkanes of at least 4 members (excludes halogenated alkanes) is 21. The van der Waals surface area contributed by atoms with Crippen LogP contribution in [0.5, 0.6) is 0 Å². The number of aliphatic hydroxyl groups is 1. The van der Waals surface area contributed by atoms with E-state index in [2.05, 4.69) is 13.8 Å². The van der Waals surface area contributed by atoms with E-state index >= 15 is 0 Å². The number of carbonyl (C=O) groups excluding carboxylic acids is 4.